The number of benzene rings is 1. The Hall–Kier alpha value is -0.820. The van der Waals surface area contributed by atoms with Gasteiger partial charge < -0.3 is 5.32 Å². The fourth-order valence-electron chi connectivity index (χ4n) is 5.09. The van der Waals surface area contributed by atoms with Crippen LogP contribution in [-0.2, 0) is 0 Å². The van der Waals surface area contributed by atoms with Gasteiger partial charge in [0.1, 0.15) is 0 Å². The second-order valence-corrected chi connectivity index (χ2v) is 7.32. The Morgan fingerprint density at radius 3 is 2.30 bits per heavy atom. The van der Waals surface area contributed by atoms with Crippen molar-refractivity contribution in [1.29, 1.82) is 0 Å². The lowest BCUT2D eigenvalue weighted by atomic mass is 9.81. The molecule has 4 unspecified atom stereocenters. The van der Waals surface area contributed by atoms with Gasteiger partial charge in [0.2, 0.25) is 0 Å². The van der Waals surface area contributed by atoms with Crippen LogP contribution >= 0.6 is 0 Å². The van der Waals surface area contributed by atoms with Crippen molar-refractivity contribution < 1.29 is 0 Å². The Kier molecular flexibility index (Phi) is 3.90. The molecule has 110 valence electrons. The van der Waals surface area contributed by atoms with E-state index in [9.17, 15) is 0 Å². The van der Waals surface area contributed by atoms with E-state index in [1.54, 1.807) is 5.56 Å². The first-order valence-electron chi connectivity index (χ1n) is 8.33. The first kappa shape index (κ1) is 14.1. The summed E-state index contributed by atoms with van der Waals surface area (Å²) < 4.78 is 0. The molecule has 2 bridgehead atoms. The van der Waals surface area contributed by atoms with Crippen LogP contribution in [0.1, 0.15) is 60.4 Å². The second kappa shape index (κ2) is 5.52. The van der Waals surface area contributed by atoms with Crippen molar-refractivity contribution in [3.05, 3.63) is 34.4 Å². The third kappa shape index (κ3) is 2.53. The van der Waals surface area contributed by atoms with Crippen LogP contribution in [0.5, 0.6) is 0 Å². The van der Waals surface area contributed by atoms with E-state index < -0.39 is 0 Å². The maximum atomic E-state index is 3.61. The molecule has 0 spiro atoms. The highest BCUT2D eigenvalue weighted by Gasteiger charge is 2.40. The average Bonchev–Trinajstić information content (AvgIpc) is 2.98. The largest absolute Gasteiger partial charge is 0.313 e. The summed E-state index contributed by atoms with van der Waals surface area (Å²) in [4.78, 5) is 0. The molecule has 0 aliphatic heterocycles. The number of nitrogens with one attached hydrogen (secondary N) is 1. The van der Waals surface area contributed by atoms with E-state index >= 15 is 0 Å². The minimum absolute atomic E-state index is 0.542. The predicted molar refractivity (Wildman–Crippen MR) is 86.0 cm³/mol. The Morgan fingerprint density at radius 2 is 1.80 bits per heavy atom. The van der Waals surface area contributed by atoms with Gasteiger partial charge in [-0.3, -0.25) is 0 Å². The molecule has 2 fully saturated rings. The molecule has 1 aromatic carbocycles. The van der Waals surface area contributed by atoms with Crippen molar-refractivity contribution in [3.63, 3.8) is 0 Å². The fourth-order valence-corrected chi connectivity index (χ4v) is 5.09. The lowest BCUT2D eigenvalue weighted by Gasteiger charge is -2.29. The van der Waals surface area contributed by atoms with Gasteiger partial charge in [-0.05, 0) is 87.9 Å². The second-order valence-electron chi connectivity index (χ2n) is 7.32. The highest BCUT2D eigenvalue weighted by Crippen LogP contribution is 2.51. The van der Waals surface area contributed by atoms with Gasteiger partial charge in [-0.2, -0.15) is 0 Å². The standard InChI is InChI=1S/C19H29N/c1-12-7-13(2)19(14(3)8-12)18(20-4)11-17-10-15-5-6-16(17)9-15/h7-8,15-18,20H,5-6,9-11H2,1-4H3. The van der Waals surface area contributed by atoms with Gasteiger partial charge >= 0.3 is 0 Å². The normalized spacial score (nSPS) is 29.9. The Morgan fingerprint density at radius 1 is 1.10 bits per heavy atom. The molecule has 2 aliphatic rings. The van der Waals surface area contributed by atoms with Crippen LogP contribution in [0.15, 0.2) is 12.1 Å². The molecule has 4 atom stereocenters. The van der Waals surface area contributed by atoms with Gasteiger partial charge in [0, 0.05) is 6.04 Å². The van der Waals surface area contributed by atoms with E-state index in [4.69, 9.17) is 0 Å². The van der Waals surface area contributed by atoms with Crippen LogP contribution in [0.3, 0.4) is 0 Å². The van der Waals surface area contributed by atoms with Crippen molar-refractivity contribution in [3.8, 4) is 0 Å². The summed E-state index contributed by atoms with van der Waals surface area (Å²) in [5.41, 5.74) is 5.87. The lowest BCUT2D eigenvalue weighted by molar-refractivity contribution is 0.283. The molecule has 2 saturated carbocycles. The molecule has 1 nitrogen and oxygen atoms in total. The van der Waals surface area contributed by atoms with Crippen LogP contribution in [0.4, 0.5) is 0 Å². The van der Waals surface area contributed by atoms with E-state index in [2.05, 4.69) is 45.3 Å². The number of rotatable bonds is 4. The van der Waals surface area contributed by atoms with Gasteiger partial charge in [0.05, 0.1) is 0 Å². The molecule has 1 heteroatoms. The number of hydrogen-bond donors (Lipinski definition) is 1. The number of hydrogen-bond acceptors (Lipinski definition) is 1. The summed E-state index contributed by atoms with van der Waals surface area (Å²) in [6, 6.07) is 5.22. The summed E-state index contributed by atoms with van der Waals surface area (Å²) in [7, 11) is 2.14. The third-order valence-corrected chi connectivity index (χ3v) is 5.86. The van der Waals surface area contributed by atoms with E-state index in [0.717, 1.165) is 17.8 Å². The van der Waals surface area contributed by atoms with Gasteiger partial charge in [-0.15, -0.1) is 0 Å². The SMILES string of the molecule is CNC(CC1CC2CCC1C2)c1c(C)cc(C)cc1C. The van der Waals surface area contributed by atoms with Crippen LogP contribution in [0.25, 0.3) is 0 Å². The molecular weight excluding hydrogens is 242 g/mol. The Bertz CT molecular complexity index is 468. The topological polar surface area (TPSA) is 12.0 Å². The molecule has 0 saturated heterocycles. The number of fused-ring (bicyclic) bond motifs is 2. The maximum absolute atomic E-state index is 3.61. The summed E-state index contributed by atoms with van der Waals surface area (Å²) >= 11 is 0. The summed E-state index contributed by atoms with van der Waals surface area (Å²) in [5, 5.41) is 3.61. The molecule has 20 heavy (non-hydrogen) atoms. The van der Waals surface area contributed by atoms with E-state index in [0.29, 0.717) is 6.04 Å². The van der Waals surface area contributed by atoms with Crippen LogP contribution in [0.2, 0.25) is 0 Å². The minimum Gasteiger partial charge on any atom is -0.313 e. The maximum Gasteiger partial charge on any atom is 0.0325 e. The smallest absolute Gasteiger partial charge is 0.0325 e. The van der Waals surface area contributed by atoms with Crippen LogP contribution < -0.4 is 5.32 Å². The predicted octanol–water partition coefficient (Wildman–Crippen LogP) is 4.70. The van der Waals surface area contributed by atoms with Gasteiger partial charge in [-0.1, -0.05) is 24.1 Å². The Balaban J connectivity index is 1.80. The molecule has 2 aliphatic carbocycles. The summed E-state index contributed by atoms with van der Waals surface area (Å²) in [6.07, 6.45) is 7.35. The van der Waals surface area contributed by atoms with Crippen molar-refractivity contribution in [2.24, 2.45) is 17.8 Å². The molecule has 0 aromatic heterocycles. The number of aryl methyl sites for hydroxylation is 3. The lowest BCUT2D eigenvalue weighted by Crippen LogP contribution is -2.24. The average molecular weight is 271 g/mol. The van der Waals surface area contributed by atoms with Crippen molar-refractivity contribution in [2.75, 3.05) is 7.05 Å². The summed E-state index contributed by atoms with van der Waals surface area (Å²) in [6.45, 7) is 6.76. The molecular formula is C19H29N. The van der Waals surface area contributed by atoms with Crippen molar-refractivity contribution >= 4 is 0 Å². The molecule has 0 radical (unpaired) electrons. The molecule has 1 aromatic rings. The van der Waals surface area contributed by atoms with Gasteiger partial charge in [-0.25, -0.2) is 0 Å². The van der Waals surface area contributed by atoms with Gasteiger partial charge in [0.15, 0.2) is 0 Å². The van der Waals surface area contributed by atoms with Gasteiger partial charge in [0.25, 0.3) is 0 Å². The monoisotopic (exact) mass is 271 g/mol. The Labute approximate surface area is 124 Å². The zero-order valence-corrected chi connectivity index (χ0v) is 13.5. The van der Waals surface area contributed by atoms with E-state index in [1.807, 2.05) is 0 Å². The molecule has 3 rings (SSSR count). The van der Waals surface area contributed by atoms with E-state index in [1.165, 1.54) is 48.8 Å². The molecule has 0 heterocycles. The van der Waals surface area contributed by atoms with Crippen molar-refractivity contribution in [1.82, 2.24) is 5.32 Å². The highest BCUT2D eigenvalue weighted by molar-refractivity contribution is 5.39. The van der Waals surface area contributed by atoms with Crippen LogP contribution in [-0.4, -0.2) is 7.05 Å². The van der Waals surface area contributed by atoms with Crippen LogP contribution in [0, 0.1) is 38.5 Å². The quantitative estimate of drug-likeness (QED) is 0.837. The fraction of sp³-hybridized carbons (Fsp3) is 0.684. The molecule has 0 amide bonds. The van der Waals surface area contributed by atoms with E-state index in [-0.39, 0.29) is 0 Å². The first-order valence-corrected chi connectivity index (χ1v) is 8.33. The molecule has 1 N–H and O–H groups in total. The first-order chi connectivity index (χ1) is 9.58. The minimum atomic E-state index is 0.542. The van der Waals surface area contributed by atoms with Crippen molar-refractivity contribution in [2.45, 2.75) is 58.9 Å². The zero-order chi connectivity index (χ0) is 14.3. The highest BCUT2D eigenvalue weighted by atomic mass is 14.9. The third-order valence-electron chi connectivity index (χ3n) is 5.86. The zero-order valence-electron chi connectivity index (χ0n) is 13.5. The summed E-state index contributed by atoms with van der Waals surface area (Å²) in [5.74, 6) is 3.05.